The zero-order valence-corrected chi connectivity index (χ0v) is 12.1. The normalized spacial score (nSPS) is 13.1. The second-order valence-electron chi connectivity index (χ2n) is 4.63. The number of carbonyl (C=O) groups is 1. The predicted molar refractivity (Wildman–Crippen MR) is 80.5 cm³/mol. The molecule has 0 unspecified atom stereocenters. The lowest BCUT2D eigenvalue weighted by Gasteiger charge is -2.05. The molecule has 3 rings (SSSR count). The molecule has 0 bridgehead atoms. The topological polar surface area (TPSA) is 66.9 Å². The quantitative estimate of drug-likeness (QED) is 0.907. The van der Waals surface area contributed by atoms with Gasteiger partial charge in [0.1, 0.15) is 11.5 Å². The van der Waals surface area contributed by atoms with Gasteiger partial charge < -0.3 is 5.32 Å². The highest BCUT2D eigenvalue weighted by Gasteiger charge is 2.18. The molecule has 0 aromatic carbocycles. The number of aromatic nitrogens is 2. The van der Waals surface area contributed by atoms with Gasteiger partial charge in [-0.05, 0) is 38.3 Å². The number of nitrogens with zero attached hydrogens (tertiary/aromatic N) is 2. The third kappa shape index (κ3) is 2.65. The summed E-state index contributed by atoms with van der Waals surface area (Å²) < 4.78 is 0. The summed E-state index contributed by atoms with van der Waals surface area (Å²) >= 11 is 1.57. The highest BCUT2D eigenvalue weighted by molar-refractivity contribution is 7.15. The molecule has 0 aliphatic heterocycles. The van der Waals surface area contributed by atoms with Gasteiger partial charge in [-0.1, -0.05) is 6.07 Å². The van der Waals surface area contributed by atoms with Gasteiger partial charge in [0.15, 0.2) is 5.13 Å². The van der Waals surface area contributed by atoms with Gasteiger partial charge in [-0.2, -0.15) is 0 Å². The van der Waals surface area contributed by atoms with Gasteiger partial charge in [0.05, 0.1) is 5.69 Å². The summed E-state index contributed by atoms with van der Waals surface area (Å²) in [6, 6.07) is 5.37. The standard InChI is InChI=1S/C14H16N4OS/c1-2-15-12-8-4-6-10(16-12)13(19)18-14-17-9-5-3-7-11(9)20-14/h4,6,8H,2-3,5,7H2,1H3,(H,15,16)(H,17,18,19). The van der Waals surface area contributed by atoms with Crippen molar-refractivity contribution in [2.45, 2.75) is 26.2 Å². The third-order valence-corrected chi connectivity index (χ3v) is 4.23. The Morgan fingerprint density at radius 1 is 1.35 bits per heavy atom. The molecule has 0 atom stereocenters. The lowest BCUT2D eigenvalue weighted by Crippen LogP contribution is -2.14. The first kappa shape index (κ1) is 13.1. The van der Waals surface area contributed by atoms with Gasteiger partial charge in [0, 0.05) is 11.4 Å². The smallest absolute Gasteiger partial charge is 0.276 e. The number of thiazole rings is 1. The van der Waals surface area contributed by atoms with Crippen molar-refractivity contribution in [3.63, 3.8) is 0 Å². The molecule has 20 heavy (non-hydrogen) atoms. The average molecular weight is 288 g/mol. The number of amides is 1. The lowest BCUT2D eigenvalue weighted by molar-refractivity contribution is 0.102. The van der Waals surface area contributed by atoms with Crippen LogP contribution in [0.25, 0.3) is 0 Å². The Bertz CT molecular complexity index is 616. The zero-order chi connectivity index (χ0) is 13.9. The Hall–Kier alpha value is -1.95. The molecule has 2 aromatic rings. The van der Waals surface area contributed by atoms with Crippen LogP contribution in [0, 0.1) is 0 Å². The predicted octanol–water partition coefficient (Wildman–Crippen LogP) is 2.71. The summed E-state index contributed by atoms with van der Waals surface area (Å²) in [7, 11) is 0. The van der Waals surface area contributed by atoms with Crippen molar-refractivity contribution in [2.75, 3.05) is 17.2 Å². The van der Waals surface area contributed by atoms with E-state index in [9.17, 15) is 4.79 Å². The fraction of sp³-hybridized carbons (Fsp3) is 0.357. The summed E-state index contributed by atoms with van der Waals surface area (Å²) in [5.41, 5.74) is 1.54. The van der Waals surface area contributed by atoms with E-state index >= 15 is 0 Å². The molecule has 1 amide bonds. The number of rotatable bonds is 4. The molecule has 104 valence electrons. The minimum Gasteiger partial charge on any atom is -0.370 e. The van der Waals surface area contributed by atoms with Crippen LogP contribution in [0.5, 0.6) is 0 Å². The van der Waals surface area contributed by atoms with Crippen LogP contribution in [-0.2, 0) is 12.8 Å². The molecule has 1 aliphatic carbocycles. The number of pyridine rings is 1. The number of fused-ring (bicyclic) bond motifs is 1. The molecule has 2 N–H and O–H groups in total. The van der Waals surface area contributed by atoms with Gasteiger partial charge in [-0.25, -0.2) is 9.97 Å². The SMILES string of the molecule is CCNc1cccc(C(=O)Nc2nc3c(s2)CCC3)n1. The summed E-state index contributed by atoms with van der Waals surface area (Å²) in [5, 5.41) is 6.61. The second kappa shape index (κ2) is 5.58. The molecule has 2 heterocycles. The molecule has 0 radical (unpaired) electrons. The first-order chi connectivity index (χ1) is 9.76. The summed E-state index contributed by atoms with van der Waals surface area (Å²) in [4.78, 5) is 22.2. The zero-order valence-electron chi connectivity index (χ0n) is 11.3. The molecule has 2 aromatic heterocycles. The maximum absolute atomic E-state index is 12.2. The van der Waals surface area contributed by atoms with Gasteiger partial charge >= 0.3 is 0 Å². The highest BCUT2D eigenvalue weighted by Crippen LogP contribution is 2.30. The third-order valence-electron chi connectivity index (χ3n) is 3.16. The van der Waals surface area contributed by atoms with E-state index in [1.165, 1.54) is 11.3 Å². The van der Waals surface area contributed by atoms with E-state index in [0.717, 1.165) is 25.1 Å². The number of anilines is 2. The van der Waals surface area contributed by atoms with Gasteiger partial charge in [-0.3, -0.25) is 10.1 Å². The van der Waals surface area contributed by atoms with Gasteiger partial charge in [0.25, 0.3) is 5.91 Å². The van der Waals surface area contributed by atoms with E-state index in [1.807, 2.05) is 19.1 Å². The summed E-state index contributed by atoms with van der Waals surface area (Å²) in [6.07, 6.45) is 3.28. The van der Waals surface area contributed by atoms with Crippen LogP contribution in [0.2, 0.25) is 0 Å². The average Bonchev–Trinajstić information content (AvgIpc) is 3.00. The molecule has 0 fully saturated rings. The van der Waals surface area contributed by atoms with E-state index in [-0.39, 0.29) is 5.91 Å². The summed E-state index contributed by atoms with van der Waals surface area (Å²) in [5.74, 6) is 0.499. The van der Waals surface area contributed by atoms with Crippen LogP contribution in [-0.4, -0.2) is 22.4 Å². The van der Waals surface area contributed by atoms with Gasteiger partial charge in [-0.15, -0.1) is 11.3 Å². The number of hydrogen-bond donors (Lipinski definition) is 2. The fourth-order valence-electron chi connectivity index (χ4n) is 2.25. The van der Waals surface area contributed by atoms with Crippen molar-refractivity contribution in [2.24, 2.45) is 0 Å². The molecule has 0 saturated heterocycles. The van der Waals surface area contributed by atoms with Crippen LogP contribution in [0.3, 0.4) is 0 Å². The Balaban J connectivity index is 1.73. The van der Waals surface area contributed by atoms with Crippen molar-refractivity contribution in [1.82, 2.24) is 9.97 Å². The Kier molecular flexibility index (Phi) is 3.64. The largest absolute Gasteiger partial charge is 0.370 e. The monoisotopic (exact) mass is 288 g/mol. The molecule has 0 saturated carbocycles. The van der Waals surface area contributed by atoms with Crippen LogP contribution < -0.4 is 10.6 Å². The maximum atomic E-state index is 12.2. The van der Waals surface area contributed by atoms with E-state index in [1.54, 1.807) is 17.4 Å². The van der Waals surface area contributed by atoms with Crippen LogP contribution >= 0.6 is 11.3 Å². The fourth-order valence-corrected chi connectivity index (χ4v) is 3.29. The number of aryl methyl sites for hydroxylation is 2. The number of nitrogens with one attached hydrogen (secondary N) is 2. The lowest BCUT2D eigenvalue weighted by atomic mass is 10.3. The Morgan fingerprint density at radius 3 is 3.05 bits per heavy atom. The van der Waals surface area contributed by atoms with Gasteiger partial charge in [0.2, 0.25) is 0 Å². The van der Waals surface area contributed by atoms with E-state index < -0.39 is 0 Å². The van der Waals surface area contributed by atoms with E-state index in [4.69, 9.17) is 0 Å². The molecule has 5 nitrogen and oxygen atoms in total. The summed E-state index contributed by atoms with van der Waals surface area (Å²) in [6.45, 7) is 2.77. The number of carbonyl (C=O) groups excluding carboxylic acids is 1. The van der Waals surface area contributed by atoms with Crippen molar-refractivity contribution >= 4 is 28.2 Å². The molecule has 0 spiro atoms. The first-order valence-electron chi connectivity index (χ1n) is 6.77. The highest BCUT2D eigenvalue weighted by atomic mass is 32.1. The molecule has 1 aliphatic rings. The molecular weight excluding hydrogens is 272 g/mol. The van der Waals surface area contributed by atoms with Crippen LogP contribution in [0.15, 0.2) is 18.2 Å². The molecule has 6 heteroatoms. The molecular formula is C14H16N4OS. The number of hydrogen-bond acceptors (Lipinski definition) is 5. The van der Waals surface area contributed by atoms with Crippen molar-refractivity contribution in [3.05, 3.63) is 34.5 Å². The maximum Gasteiger partial charge on any atom is 0.276 e. The van der Waals surface area contributed by atoms with Crippen molar-refractivity contribution < 1.29 is 4.79 Å². The minimum atomic E-state index is -0.211. The Morgan fingerprint density at radius 2 is 2.25 bits per heavy atom. The minimum absolute atomic E-state index is 0.211. The second-order valence-corrected chi connectivity index (χ2v) is 5.72. The van der Waals surface area contributed by atoms with Crippen molar-refractivity contribution in [1.29, 1.82) is 0 Å². The Labute approximate surface area is 121 Å². The van der Waals surface area contributed by atoms with Crippen molar-refractivity contribution in [3.8, 4) is 0 Å². The van der Waals surface area contributed by atoms with Crippen LogP contribution in [0.1, 0.15) is 34.4 Å². The first-order valence-corrected chi connectivity index (χ1v) is 7.59. The van der Waals surface area contributed by atoms with E-state index in [0.29, 0.717) is 16.6 Å². The van der Waals surface area contributed by atoms with E-state index in [2.05, 4.69) is 20.6 Å². The van der Waals surface area contributed by atoms with Crippen LogP contribution in [0.4, 0.5) is 10.9 Å².